The first-order valence-corrected chi connectivity index (χ1v) is 9.38. The van der Waals surface area contributed by atoms with Crippen LogP contribution in [0, 0.1) is 5.92 Å². The summed E-state index contributed by atoms with van der Waals surface area (Å²) in [4.78, 5) is 16.6. The lowest BCUT2D eigenvalue weighted by atomic mass is 10.2. The van der Waals surface area contributed by atoms with Gasteiger partial charge in [0, 0.05) is 32.7 Å². The molecule has 1 heterocycles. The molecule has 1 fully saturated rings. The van der Waals surface area contributed by atoms with E-state index in [-0.39, 0.29) is 12.0 Å². The number of likely N-dealkylation sites (N-methyl/N-ethyl adjacent to an activating group) is 1. The highest BCUT2D eigenvalue weighted by atomic mass is 16.5. The Morgan fingerprint density at radius 3 is 3.00 bits per heavy atom. The molecular weight excluding hydrogens is 330 g/mol. The van der Waals surface area contributed by atoms with Crippen LogP contribution in [0.1, 0.15) is 19.4 Å². The van der Waals surface area contributed by atoms with E-state index in [4.69, 9.17) is 9.47 Å². The molecule has 0 saturated carbocycles. The molecule has 1 aliphatic heterocycles. The normalized spacial score (nSPS) is 18.3. The van der Waals surface area contributed by atoms with E-state index in [2.05, 4.69) is 24.1 Å². The van der Waals surface area contributed by atoms with E-state index in [1.165, 1.54) is 0 Å². The molecule has 1 aromatic rings. The topological polar surface area (TPSA) is 54.0 Å². The Morgan fingerprint density at radius 1 is 1.46 bits per heavy atom. The minimum absolute atomic E-state index is 0.0278. The van der Waals surface area contributed by atoms with Crippen LogP contribution in [-0.2, 0) is 16.1 Å². The number of nitrogens with zero attached hydrogens (tertiary/aromatic N) is 2. The minimum atomic E-state index is 0.0278. The predicted molar refractivity (Wildman–Crippen MR) is 103 cm³/mol. The van der Waals surface area contributed by atoms with Crippen molar-refractivity contribution < 1.29 is 14.3 Å². The number of hydrogen-bond acceptors (Lipinski definition) is 5. The Bertz CT molecular complexity index is 565. The van der Waals surface area contributed by atoms with Crippen molar-refractivity contribution in [1.29, 1.82) is 0 Å². The minimum Gasteiger partial charge on any atom is -0.497 e. The number of carbonyl (C=O) groups is 1. The van der Waals surface area contributed by atoms with Crippen LogP contribution in [0.25, 0.3) is 0 Å². The van der Waals surface area contributed by atoms with Crippen LogP contribution in [0.15, 0.2) is 24.3 Å². The van der Waals surface area contributed by atoms with Gasteiger partial charge in [-0.25, -0.2) is 0 Å². The Hall–Kier alpha value is -1.63. The first-order valence-electron chi connectivity index (χ1n) is 9.38. The van der Waals surface area contributed by atoms with E-state index >= 15 is 0 Å². The van der Waals surface area contributed by atoms with E-state index in [1.807, 2.05) is 36.2 Å². The summed E-state index contributed by atoms with van der Waals surface area (Å²) in [7, 11) is 3.60. The molecule has 6 nitrogen and oxygen atoms in total. The molecule has 0 aliphatic carbocycles. The summed E-state index contributed by atoms with van der Waals surface area (Å²) < 4.78 is 11.0. The second-order valence-electron chi connectivity index (χ2n) is 7.47. The standard InChI is InChI=1S/C20H33N3O3/c1-16(2)12-23-8-9-26-19(14-23)11-21-20(24)15-22(3)13-17-6-5-7-18(10-17)25-4/h5-7,10,16,19H,8-9,11-15H2,1-4H3,(H,21,24). The molecule has 1 aliphatic rings. The third-order valence-electron chi connectivity index (χ3n) is 4.37. The van der Waals surface area contributed by atoms with Crippen molar-refractivity contribution in [3.05, 3.63) is 29.8 Å². The second kappa shape index (κ2) is 10.5. The van der Waals surface area contributed by atoms with Crippen molar-refractivity contribution in [1.82, 2.24) is 15.1 Å². The summed E-state index contributed by atoms with van der Waals surface area (Å²) >= 11 is 0. The first-order chi connectivity index (χ1) is 12.5. The van der Waals surface area contributed by atoms with Gasteiger partial charge in [-0.05, 0) is 30.7 Å². The predicted octanol–water partition coefficient (Wildman–Crippen LogP) is 1.60. The smallest absolute Gasteiger partial charge is 0.234 e. The highest BCUT2D eigenvalue weighted by Crippen LogP contribution is 2.13. The second-order valence-corrected chi connectivity index (χ2v) is 7.47. The summed E-state index contributed by atoms with van der Waals surface area (Å²) in [5.74, 6) is 1.51. The Kier molecular flexibility index (Phi) is 8.35. The van der Waals surface area contributed by atoms with Gasteiger partial charge in [-0.3, -0.25) is 14.6 Å². The fraction of sp³-hybridized carbons (Fsp3) is 0.650. The molecular formula is C20H33N3O3. The molecule has 1 amide bonds. The lowest BCUT2D eigenvalue weighted by molar-refractivity contribution is -0.123. The maximum atomic E-state index is 12.2. The number of nitrogens with one attached hydrogen (secondary N) is 1. The van der Waals surface area contributed by atoms with Gasteiger partial charge in [0.15, 0.2) is 0 Å². The van der Waals surface area contributed by atoms with Crippen LogP contribution < -0.4 is 10.1 Å². The number of hydrogen-bond donors (Lipinski definition) is 1. The van der Waals surface area contributed by atoms with Gasteiger partial charge in [0.2, 0.25) is 5.91 Å². The van der Waals surface area contributed by atoms with Gasteiger partial charge in [0.05, 0.1) is 26.4 Å². The van der Waals surface area contributed by atoms with Gasteiger partial charge in [0.25, 0.3) is 0 Å². The zero-order chi connectivity index (χ0) is 18.9. The molecule has 0 aromatic heterocycles. The molecule has 1 atom stereocenters. The van der Waals surface area contributed by atoms with Crippen LogP contribution in [0.2, 0.25) is 0 Å². The number of ether oxygens (including phenoxy) is 2. The number of methoxy groups -OCH3 is 1. The van der Waals surface area contributed by atoms with Crippen LogP contribution >= 0.6 is 0 Å². The summed E-state index contributed by atoms with van der Waals surface area (Å²) in [5.41, 5.74) is 1.12. The van der Waals surface area contributed by atoms with Crippen molar-refractivity contribution in [2.75, 3.05) is 53.5 Å². The molecule has 0 spiro atoms. The maximum absolute atomic E-state index is 12.2. The van der Waals surface area contributed by atoms with Crippen molar-refractivity contribution in [2.24, 2.45) is 5.92 Å². The third kappa shape index (κ3) is 7.32. The van der Waals surface area contributed by atoms with Gasteiger partial charge >= 0.3 is 0 Å². The van der Waals surface area contributed by atoms with Crippen molar-refractivity contribution in [2.45, 2.75) is 26.5 Å². The summed E-state index contributed by atoms with van der Waals surface area (Å²) in [5, 5.41) is 3.01. The lowest BCUT2D eigenvalue weighted by Crippen LogP contribution is -2.49. The molecule has 1 aromatic carbocycles. The zero-order valence-electron chi connectivity index (χ0n) is 16.5. The highest BCUT2D eigenvalue weighted by molar-refractivity contribution is 5.78. The fourth-order valence-electron chi connectivity index (χ4n) is 3.25. The number of amides is 1. The van der Waals surface area contributed by atoms with E-state index in [1.54, 1.807) is 7.11 Å². The number of rotatable bonds is 9. The fourth-order valence-corrected chi connectivity index (χ4v) is 3.25. The number of benzene rings is 1. The number of morpholine rings is 1. The average Bonchev–Trinajstić information content (AvgIpc) is 2.60. The van der Waals surface area contributed by atoms with E-state index in [9.17, 15) is 4.79 Å². The van der Waals surface area contributed by atoms with Crippen LogP contribution in [-0.4, -0.2) is 75.3 Å². The molecule has 6 heteroatoms. The number of carbonyl (C=O) groups excluding carboxylic acids is 1. The lowest BCUT2D eigenvalue weighted by Gasteiger charge is -2.34. The molecule has 1 N–H and O–H groups in total. The Labute approximate surface area is 157 Å². The zero-order valence-corrected chi connectivity index (χ0v) is 16.5. The molecule has 1 saturated heterocycles. The van der Waals surface area contributed by atoms with E-state index < -0.39 is 0 Å². The van der Waals surface area contributed by atoms with Crippen molar-refractivity contribution in [3.8, 4) is 5.75 Å². The maximum Gasteiger partial charge on any atom is 0.234 e. The molecule has 146 valence electrons. The Morgan fingerprint density at radius 2 is 2.27 bits per heavy atom. The van der Waals surface area contributed by atoms with Gasteiger partial charge in [-0.15, -0.1) is 0 Å². The monoisotopic (exact) mass is 363 g/mol. The highest BCUT2D eigenvalue weighted by Gasteiger charge is 2.21. The van der Waals surface area contributed by atoms with Crippen molar-refractivity contribution in [3.63, 3.8) is 0 Å². The van der Waals surface area contributed by atoms with Gasteiger partial charge < -0.3 is 14.8 Å². The van der Waals surface area contributed by atoms with Crippen LogP contribution in [0.3, 0.4) is 0 Å². The van der Waals surface area contributed by atoms with E-state index in [0.717, 1.165) is 37.6 Å². The van der Waals surface area contributed by atoms with Crippen molar-refractivity contribution >= 4 is 5.91 Å². The van der Waals surface area contributed by atoms with Gasteiger partial charge in [-0.1, -0.05) is 26.0 Å². The average molecular weight is 364 g/mol. The van der Waals surface area contributed by atoms with Gasteiger partial charge in [0.1, 0.15) is 5.75 Å². The largest absolute Gasteiger partial charge is 0.497 e. The Balaban J connectivity index is 1.70. The van der Waals surface area contributed by atoms with Crippen LogP contribution in [0.5, 0.6) is 5.75 Å². The SMILES string of the molecule is COc1cccc(CN(C)CC(=O)NCC2CN(CC(C)C)CCO2)c1. The molecule has 0 bridgehead atoms. The molecule has 2 rings (SSSR count). The van der Waals surface area contributed by atoms with E-state index in [0.29, 0.717) is 25.6 Å². The third-order valence-corrected chi connectivity index (χ3v) is 4.37. The van der Waals surface area contributed by atoms with Crippen LogP contribution in [0.4, 0.5) is 0 Å². The molecule has 1 unspecified atom stereocenters. The summed E-state index contributed by atoms with van der Waals surface area (Å²) in [6.45, 7) is 9.77. The first kappa shape index (κ1) is 20.7. The van der Waals surface area contributed by atoms with Gasteiger partial charge in [-0.2, -0.15) is 0 Å². The molecule has 0 radical (unpaired) electrons. The quantitative estimate of drug-likeness (QED) is 0.722. The molecule has 26 heavy (non-hydrogen) atoms. The summed E-state index contributed by atoms with van der Waals surface area (Å²) in [6.07, 6.45) is 0.0788. The summed E-state index contributed by atoms with van der Waals surface area (Å²) in [6, 6.07) is 7.91.